The molecule has 206 valence electrons. The highest BCUT2D eigenvalue weighted by atomic mass is 32.1. The number of hydrogen-bond donors (Lipinski definition) is 0. The summed E-state index contributed by atoms with van der Waals surface area (Å²) in [4.78, 5) is 7.60. The minimum absolute atomic E-state index is 0.0272. The largest absolute Gasteiger partial charge is 0.435 e. The van der Waals surface area contributed by atoms with Gasteiger partial charge < -0.3 is 4.74 Å². The Bertz CT molecular complexity index is 1200. The van der Waals surface area contributed by atoms with Gasteiger partial charge in [-0.15, -0.1) is 11.3 Å². The standard InChI is InChI=1S/C27H27F7N2OS/c1-26(30,31)19-8-6-18(7-9-19)24-35-22(16-36-13-11-20(12-14-36)27(32,33)34)23(38-24)10-5-17-3-2-4-21(15-17)37-25(28)29/h2-4,6-9,15,20,25H,5,10-14,16H2,1H3. The molecule has 0 radical (unpaired) electrons. The van der Waals surface area contributed by atoms with E-state index in [1.54, 1.807) is 30.3 Å². The van der Waals surface area contributed by atoms with Crippen LogP contribution in [0.2, 0.25) is 0 Å². The van der Waals surface area contributed by atoms with E-state index in [4.69, 9.17) is 4.98 Å². The number of halogens is 7. The first kappa shape index (κ1) is 28.4. The molecule has 1 saturated heterocycles. The Labute approximate surface area is 220 Å². The van der Waals surface area contributed by atoms with Crippen molar-refractivity contribution in [3.63, 3.8) is 0 Å². The normalized spacial score (nSPS) is 15.8. The molecule has 2 aromatic carbocycles. The molecular formula is C27H27F7N2OS. The fourth-order valence-corrected chi connectivity index (χ4v) is 5.57. The molecule has 0 N–H and O–H groups in total. The number of likely N-dealkylation sites (tertiary alicyclic amines) is 1. The second kappa shape index (κ2) is 11.6. The fraction of sp³-hybridized carbons (Fsp3) is 0.444. The van der Waals surface area contributed by atoms with Crippen molar-refractivity contribution in [3.05, 3.63) is 70.2 Å². The first-order valence-corrected chi connectivity index (χ1v) is 13.0. The van der Waals surface area contributed by atoms with Gasteiger partial charge in [-0.25, -0.2) is 13.8 Å². The van der Waals surface area contributed by atoms with E-state index in [0.29, 0.717) is 43.0 Å². The van der Waals surface area contributed by atoms with Gasteiger partial charge in [-0.3, -0.25) is 4.90 Å². The Morgan fingerprint density at radius 1 is 1.00 bits per heavy atom. The summed E-state index contributed by atoms with van der Waals surface area (Å²) < 4.78 is 96.2. The van der Waals surface area contributed by atoms with Crippen molar-refractivity contribution in [2.24, 2.45) is 5.92 Å². The molecule has 1 aliphatic rings. The molecule has 1 aliphatic heterocycles. The van der Waals surface area contributed by atoms with Crippen LogP contribution in [0.4, 0.5) is 30.7 Å². The van der Waals surface area contributed by atoms with Gasteiger partial charge in [0.05, 0.1) is 11.6 Å². The first-order valence-electron chi connectivity index (χ1n) is 12.2. The lowest BCUT2D eigenvalue weighted by molar-refractivity contribution is -0.185. The molecular weight excluding hydrogens is 533 g/mol. The van der Waals surface area contributed by atoms with E-state index in [1.165, 1.54) is 29.5 Å². The van der Waals surface area contributed by atoms with E-state index in [2.05, 4.69) is 4.74 Å². The van der Waals surface area contributed by atoms with Crippen molar-refractivity contribution in [2.75, 3.05) is 13.1 Å². The maximum absolute atomic E-state index is 13.6. The highest BCUT2D eigenvalue weighted by Gasteiger charge is 2.41. The summed E-state index contributed by atoms with van der Waals surface area (Å²) in [5.74, 6) is -4.21. The van der Waals surface area contributed by atoms with E-state index in [9.17, 15) is 30.7 Å². The van der Waals surface area contributed by atoms with Gasteiger partial charge in [0, 0.05) is 29.5 Å². The van der Waals surface area contributed by atoms with Gasteiger partial charge in [0.25, 0.3) is 5.92 Å². The van der Waals surface area contributed by atoms with E-state index in [-0.39, 0.29) is 24.2 Å². The molecule has 0 bridgehead atoms. The number of rotatable bonds is 9. The number of nitrogens with zero attached hydrogens (tertiary/aromatic N) is 2. The van der Waals surface area contributed by atoms with Crippen LogP contribution in [-0.2, 0) is 25.3 Å². The van der Waals surface area contributed by atoms with Crippen LogP contribution in [0.25, 0.3) is 10.6 Å². The molecule has 1 aromatic heterocycles. The number of piperidine rings is 1. The Morgan fingerprint density at radius 2 is 1.68 bits per heavy atom. The third-order valence-corrected chi connectivity index (χ3v) is 7.81. The van der Waals surface area contributed by atoms with Crippen LogP contribution in [0.15, 0.2) is 48.5 Å². The molecule has 11 heteroatoms. The minimum atomic E-state index is -4.20. The number of hydrogen-bond acceptors (Lipinski definition) is 4. The van der Waals surface area contributed by atoms with Gasteiger partial charge in [0.15, 0.2) is 0 Å². The van der Waals surface area contributed by atoms with Crippen LogP contribution in [0.3, 0.4) is 0 Å². The average Bonchev–Trinajstić information content (AvgIpc) is 3.24. The predicted molar refractivity (Wildman–Crippen MR) is 132 cm³/mol. The average molecular weight is 561 g/mol. The topological polar surface area (TPSA) is 25.4 Å². The summed E-state index contributed by atoms with van der Waals surface area (Å²) in [6, 6.07) is 12.3. The summed E-state index contributed by atoms with van der Waals surface area (Å²) in [6.45, 7) is -1.14. The van der Waals surface area contributed by atoms with Crippen molar-refractivity contribution in [2.45, 2.75) is 57.9 Å². The zero-order valence-corrected chi connectivity index (χ0v) is 21.4. The van der Waals surface area contributed by atoms with Crippen LogP contribution in [0.1, 0.15) is 41.5 Å². The third kappa shape index (κ3) is 7.47. The summed E-state index contributed by atoms with van der Waals surface area (Å²) in [5.41, 5.74) is 2.06. The predicted octanol–water partition coefficient (Wildman–Crippen LogP) is 8.08. The highest BCUT2D eigenvalue weighted by molar-refractivity contribution is 7.15. The Hall–Kier alpha value is -2.66. The molecule has 4 rings (SSSR count). The first-order chi connectivity index (χ1) is 17.9. The second-order valence-electron chi connectivity index (χ2n) is 9.47. The number of thiazole rings is 1. The molecule has 0 unspecified atom stereocenters. The number of aromatic nitrogens is 1. The van der Waals surface area contributed by atoms with Crippen LogP contribution >= 0.6 is 11.3 Å². The molecule has 38 heavy (non-hydrogen) atoms. The van der Waals surface area contributed by atoms with Crippen LogP contribution in [-0.4, -0.2) is 35.8 Å². The van der Waals surface area contributed by atoms with Gasteiger partial charge in [-0.1, -0.05) is 36.4 Å². The smallest absolute Gasteiger partial charge is 0.391 e. The summed E-state index contributed by atoms with van der Waals surface area (Å²) in [7, 11) is 0. The van der Waals surface area contributed by atoms with Crippen LogP contribution in [0, 0.1) is 5.92 Å². The van der Waals surface area contributed by atoms with Crippen LogP contribution in [0.5, 0.6) is 5.75 Å². The summed E-state index contributed by atoms with van der Waals surface area (Å²) in [5, 5.41) is 0.626. The van der Waals surface area contributed by atoms with Gasteiger partial charge in [-0.05, 0) is 56.5 Å². The fourth-order valence-electron chi connectivity index (χ4n) is 4.50. The lowest BCUT2D eigenvalue weighted by Crippen LogP contribution is -2.38. The number of aryl methyl sites for hydroxylation is 2. The van der Waals surface area contributed by atoms with Crippen molar-refractivity contribution < 1.29 is 35.5 Å². The van der Waals surface area contributed by atoms with Crippen LogP contribution < -0.4 is 4.74 Å². The molecule has 2 heterocycles. The lowest BCUT2D eigenvalue weighted by Gasteiger charge is -2.32. The van der Waals surface area contributed by atoms with Crippen molar-refractivity contribution in [1.82, 2.24) is 9.88 Å². The molecule has 3 nitrogen and oxygen atoms in total. The zero-order chi connectivity index (χ0) is 27.5. The Morgan fingerprint density at radius 3 is 2.29 bits per heavy atom. The molecule has 0 spiro atoms. The third-order valence-electron chi connectivity index (χ3n) is 6.61. The zero-order valence-electron chi connectivity index (χ0n) is 20.6. The van der Waals surface area contributed by atoms with E-state index < -0.39 is 24.6 Å². The Balaban J connectivity index is 1.53. The maximum atomic E-state index is 13.6. The number of benzene rings is 2. The molecule has 3 aromatic rings. The monoisotopic (exact) mass is 560 g/mol. The highest BCUT2D eigenvalue weighted by Crippen LogP contribution is 2.36. The minimum Gasteiger partial charge on any atom is -0.435 e. The van der Waals surface area contributed by atoms with Gasteiger partial charge >= 0.3 is 12.8 Å². The Kier molecular flexibility index (Phi) is 8.66. The summed E-state index contributed by atoms with van der Waals surface area (Å²) >= 11 is 1.40. The maximum Gasteiger partial charge on any atom is 0.391 e. The molecule has 0 amide bonds. The van der Waals surface area contributed by atoms with Crippen molar-refractivity contribution >= 4 is 11.3 Å². The van der Waals surface area contributed by atoms with Crippen molar-refractivity contribution in [3.8, 4) is 16.3 Å². The second-order valence-corrected chi connectivity index (χ2v) is 10.6. The molecule has 1 fully saturated rings. The van der Waals surface area contributed by atoms with Crippen molar-refractivity contribution in [1.29, 1.82) is 0 Å². The quantitative estimate of drug-likeness (QED) is 0.248. The molecule has 0 atom stereocenters. The number of alkyl halides is 7. The summed E-state index contributed by atoms with van der Waals surface area (Å²) in [6.07, 6.45) is -3.12. The van der Waals surface area contributed by atoms with E-state index in [1.807, 2.05) is 4.90 Å². The van der Waals surface area contributed by atoms with Gasteiger partial charge in [0.2, 0.25) is 0 Å². The SMILES string of the molecule is CC(F)(F)c1ccc(-c2nc(CN3CCC(C(F)(F)F)CC3)c(CCc3cccc(OC(F)F)c3)s2)cc1. The van der Waals surface area contributed by atoms with E-state index >= 15 is 0 Å². The van der Waals surface area contributed by atoms with Gasteiger partial charge in [0.1, 0.15) is 10.8 Å². The van der Waals surface area contributed by atoms with E-state index in [0.717, 1.165) is 23.1 Å². The van der Waals surface area contributed by atoms with Gasteiger partial charge in [-0.2, -0.15) is 22.0 Å². The molecule has 0 aliphatic carbocycles. The molecule has 0 saturated carbocycles. The number of ether oxygens (including phenoxy) is 1. The lowest BCUT2D eigenvalue weighted by atomic mass is 9.96.